The van der Waals surface area contributed by atoms with Crippen LogP contribution < -0.4 is 16.5 Å². The Bertz CT molecular complexity index is 1070. The first-order valence-corrected chi connectivity index (χ1v) is 10.6. The first kappa shape index (κ1) is 26.6. The van der Waals surface area contributed by atoms with Gasteiger partial charge < -0.3 is 31.6 Å². The molecular weight excluding hydrogens is 454 g/mol. The van der Waals surface area contributed by atoms with Crippen LogP contribution in [0.25, 0.3) is 6.08 Å². The molecule has 0 fully saturated rings. The number of nitrogens with two attached hydrogens (primary N) is 1. The van der Waals surface area contributed by atoms with Gasteiger partial charge in [-0.05, 0) is 29.2 Å². The lowest BCUT2D eigenvalue weighted by Crippen LogP contribution is -2.46. The third-order valence-electron chi connectivity index (χ3n) is 4.75. The number of hydrogen-bond donors (Lipinski definition) is 5. The normalized spacial score (nSPS) is 11.8. The van der Waals surface area contributed by atoms with Crippen molar-refractivity contribution >= 4 is 36.2 Å². The Labute approximate surface area is 201 Å². The van der Waals surface area contributed by atoms with Gasteiger partial charge in [-0.25, -0.2) is 9.59 Å². The van der Waals surface area contributed by atoms with Crippen LogP contribution in [0.5, 0.6) is 0 Å². The van der Waals surface area contributed by atoms with E-state index in [-0.39, 0.29) is 25.4 Å². The molecule has 0 aliphatic heterocycles. The molecule has 1 atom stereocenters. The summed E-state index contributed by atoms with van der Waals surface area (Å²) in [7, 11) is 0. The molecule has 184 valence electrons. The van der Waals surface area contributed by atoms with Gasteiger partial charge in [0.2, 0.25) is 5.91 Å². The van der Waals surface area contributed by atoms with Crippen molar-refractivity contribution < 1.29 is 29.4 Å². The standard InChI is InChI=1S/C24H27N5O6/c25-27-15-18-9-7-17(8-10-18)11-12-20(30)26-13-4-14-29(16-21(31)32)24(35)28-22(23(33)34)19-5-2-1-3-6-19/h1-3,5-12,15,22H,4,13-14,16,25H2,(H,26,30)(H,28,35)(H,31,32)(H,33,34). The number of carbonyl (C=O) groups excluding carboxylic acids is 2. The van der Waals surface area contributed by atoms with Gasteiger partial charge in [-0.15, -0.1) is 0 Å². The van der Waals surface area contributed by atoms with Crippen LogP contribution in [0.2, 0.25) is 0 Å². The Morgan fingerprint density at radius 2 is 1.66 bits per heavy atom. The van der Waals surface area contributed by atoms with E-state index in [9.17, 15) is 24.3 Å². The predicted molar refractivity (Wildman–Crippen MR) is 129 cm³/mol. The van der Waals surface area contributed by atoms with Crippen LogP contribution in [0.4, 0.5) is 4.79 Å². The van der Waals surface area contributed by atoms with E-state index in [0.717, 1.165) is 16.0 Å². The molecular formula is C24H27N5O6. The number of benzene rings is 2. The van der Waals surface area contributed by atoms with Crippen molar-refractivity contribution in [3.8, 4) is 0 Å². The third-order valence-corrected chi connectivity index (χ3v) is 4.75. The minimum Gasteiger partial charge on any atom is -0.480 e. The van der Waals surface area contributed by atoms with Crippen molar-refractivity contribution in [2.75, 3.05) is 19.6 Å². The lowest BCUT2D eigenvalue weighted by molar-refractivity contribution is -0.139. The zero-order valence-electron chi connectivity index (χ0n) is 18.8. The highest BCUT2D eigenvalue weighted by Gasteiger charge is 2.25. The fourth-order valence-electron chi connectivity index (χ4n) is 3.06. The van der Waals surface area contributed by atoms with Crippen LogP contribution in [0.1, 0.15) is 29.2 Å². The zero-order valence-corrected chi connectivity index (χ0v) is 18.8. The van der Waals surface area contributed by atoms with E-state index in [0.29, 0.717) is 5.56 Å². The summed E-state index contributed by atoms with van der Waals surface area (Å²) in [6, 6.07) is 13.1. The highest BCUT2D eigenvalue weighted by molar-refractivity contribution is 5.92. The van der Waals surface area contributed by atoms with E-state index in [2.05, 4.69) is 15.7 Å². The van der Waals surface area contributed by atoms with E-state index < -0.39 is 30.6 Å². The molecule has 0 heterocycles. The van der Waals surface area contributed by atoms with Crippen molar-refractivity contribution in [3.63, 3.8) is 0 Å². The molecule has 6 N–H and O–H groups in total. The van der Waals surface area contributed by atoms with Crippen LogP contribution in [0, 0.1) is 0 Å². The van der Waals surface area contributed by atoms with Crippen molar-refractivity contribution in [2.45, 2.75) is 12.5 Å². The summed E-state index contributed by atoms with van der Waals surface area (Å²) in [5.74, 6) is 2.21. The largest absolute Gasteiger partial charge is 0.480 e. The summed E-state index contributed by atoms with van der Waals surface area (Å²) in [5.41, 5.74) is 1.97. The van der Waals surface area contributed by atoms with E-state index in [1.165, 1.54) is 12.3 Å². The summed E-state index contributed by atoms with van der Waals surface area (Å²) in [6.45, 7) is -0.446. The van der Waals surface area contributed by atoms with Crippen LogP contribution in [-0.4, -0.2) is 64.8 Å². The molecule has 2 aromatic carbocycles. The van der Waals surface area contributed by atoms with Gasteiger partial charge in [-0.1, -0.05) is 54.6 Å². The van der Waals surface area contributed by atoms with Gasteiger partial charge in [0.05, 0.1) is 6.21 Å². The molecule has 0 saturated carbocycles. The maximum Gasteiger partial charge on any atom is 0.330 e. The summed E-state index contributed by atoms with van der Waals surface area (Å²) < 4.78 is 0. The number of aliphatic carboxylic acids is 2. The van der Waals surface area contributed by atoms with E-state index in [1.54, 1.807) is 60.7 Å². The first-order chi connectivity index (χ1) is 16.8. The van der Waals surface area contributed by atoms with Gasteiger partial charge in [0.25, 0.3) is 0 Å². The number of urea groups is 1. The minimum atomic E-state index is -1.33. The number of hydrazone groups is 1. The molecule has 0 aliphatic carbocycles. The number of carboxylic acids is 2. The highest BCUT2D eigenvalue weighted by atomic mass is 16.4. The maximum absolute atomic E-state index is 12.6. The van der Waals surface area contributed by atoms with E-state index >= 15 is 0 Å². The third kappa shape index (κ3) is 9.38. The van der Waals surface area contributed by atoms with Crippen LogP contribution >= 0.6 is 0 Å². The van der Waals surface area contributed by atoms with Gasteiger partial charge in [0.15, 0.2) is 6.04 Å². The number of amides is 3. The van der Waals surface area contributed by atoms with Gasteiger partial charge in [-0.3, -0.25) is 9.59 Å². The molecule has 0 aliphatic rings. The molecule has 0 radical (unpaired) electrons. The fourth-order valence-corrected chi connectivity index (χ4v) is 3.06. The zero-order chi connectivity index (χ0) is 25.6. The monoisotopic (exact) mass is 481 g/mol. The molecule has 2 aromatic rings. The number of carbonyl (C=O) groups is 4. The molecule has 1 unspecified atom stereocenters. The molecule has 11 nitrogen and oxygen atoms in total. The minimum absolute atomic E-state index is 0.00653. The Morgan fingerprint density at radius 3 is 2.26 bits per heavy atom. The smallest absolute Gasteiger partial charge is 0.330 e. The summed E-state index contributed by atoms with van der Waals surface area (Å²) in [5, 5.41) is 27.0. The van der Waals surface area contributed by atoms with Crippen LogP contribution in [-0.2, 0) is 14.4 Å². The predicted octanol–water partition coefficient (Wildman–Crippen LogP) is 1.42. The molecule has 3 amide bonds. The molecule has 0 spiro atoms. The number of nitrogens with zero attached hydrogens (tertiary/aromatic N) is 2. The summed E-state index contributed by atoms with van der Waals surface area (Å²) in [4.78, 5) is 48.4. The quantitative estimate of drug-likeness (QED) is 0.100. The topological polar surface area (TPSA) is 174 Å². The number of carboxylic acid groups (broad SMARTS) is 2. The van der Waals surface area contributed by atoms with Gasteiger partial charge in [0, 0.05) is 19.2 Å². The highest BCUT2D eigenvalue weighted by Crippen LogP contribution is 2.13. The van der Waals surface area contributed by atoms with Crippen LogP contribution in [0.15, 0.2) is 65.8 Å². The second kappa shape index (κ2) is 13.8. The Kier molecular flexibility index (Phi) is 10.5. The number of nitrogens with one attached hydrogen (secondary N) is 2. The van der Waals surface area contributed by atoms with Crippen molar-refractivity contribution in [2.24, 2.45) is 10.9 Å². The fraction of sp³-hybridized carbons (Fsp3) is 0.208. The van der Waals surface area contributed by atoms with E-state index in [1.807, 2.05) is 0 Å². The second-order valence-corrected chi connectivity index (χ2v) is 7.37. The van der Waals surface area contributed by atoms with E-state index in [4.69, 9.17) is 10.9 Å². The summed E-state index contributed by atoms with van der Waals surface area (Å²) >= 11 is 0. The van der Waals surface area contributed by atoms with Crippen molar-refractivity contribution in [1.29, 1.82) is 0 Å². The average Bonchev–Trinajstić information content (AvgIpc) is 2.84. The van der Waals surface area contributed by atoms with Gasteiger partial charge >= 0.3 is 18.0 Å². The van der Waals surface area contributed by atoms with Crippen LogP contribution in [0.3, 0.4) is 0 Å². The molecule has 35 heavy (non-hydrogen) atoms. The molecule has 0 saturated heterocycles. The Balaban J connectivity index is 1.87. The number of hydrogen-bond acceptors (Lipinski definition) is 6. The Hall–Kier alpha value is -4.67. The van der Waals surface area contributed by atoms with Gasteiger partial charge in [-0.2, -0.15) is 5.10 Å². The Morgan fingerprint density at radius 1 is 1.00 bits per heavy atom. The summed E-state index contributed by atoms with van der Waals surface area (Å²) in [6.07, 6.45) is 4.73. The average molecular weight is 482 g/mol. The molecule has 2 rings (SSSR count). The van der Waals surface area contributed by atoms with Gasteiger partial charge in [0.1, 0.15) is 6.54 Å². The lowest BCUT2D eigenvalue weighted by atomic mass is 10.1. The number of rotatable bonds is 12. The van der Waals surface area contributed by atoms with Crippen molar-refractivity contribution in [3.05, 3.63) is 77.4 Å². The molecule has 0 aromatic heterocycles. The molecule has 11 heteroatoms. The maximum atomic E-state index is 12.6. The van der Waals surface area contributed by atoms with Crippen molar-refractivity contribution in [1.82, 2.24) is 15.5 Å². The SMILES string of the molecule is NN=Cc1ccc(C=CC(=O)NCCCN(CC(=O)O)C(=O)NC(C(=O)O)c2ccccc2)cc1. The first-order valence-electron chi connectivity index (χ1n) is 10.6. The lowest BCUT2D eigenvalue weighted by Gasteiger charge is -2.24. The second-order valence-electron chi connectivity index (χ2n) is 7.37. The molecule has 0 bridgehead atoms.